The number of nitrogens with zero attached hydrogens (tertiary/aromatic N) is 3. The number of methoxy groups -OCH3 is 1. The molecule has 0 bridgehead atoms. The number of rotatable bonds is 9. The minimum absolute atomic E-state index is 0.0604. The van der Waals surface area contributed by atoms with Crippen LogP contribution in [-0.2, 0) is 11.2 Å². The maximum Gasteiger partial charge on any atom is 0.225 e. The van der Waals surface area contributed by atoms with Crippen molar-refractivity contribution in [1.82, 2.24) is 15.3 Å². The van der Waals surface area contributed by atoms with Crippen LogP contribution in [0, 0.1) is 5.92 Å². The fourth-order valence-electron chi connectivity index (χ4n) is 4.30. The van der Waals surface area contributed by atoms with Gasteiger partial charge in [0.05, 0.1) is 5.56 Å². The highest BCUT2D eigenvalue weighted by atomic mass is 16.5. The van der Waals surface area contributed by atoms with Crippen LogP contribution in [0.4, 0.5) is 5.95 Å². The molecule has 2 aromatic rings. The second kappa shape index (κ2) is 9.96. The van der Waals surface area contributed by atoms with Crippen molar-refractivity contribution in [2.75, 3.05) is 44.8 Å². The number of allylic oxidation sites excluding steroid dienone is 1. The molecule has 1 aromatic carbocycles. The molecule has 1 aromatic heterocycles. The molecule has 0 spiro atoms. The zero-order chi connectivity index (χ0) is 20.8. The molecular formula is C24H30N4O2. The van der Waals surface area contributed by atoms with Gasteiger partial charge in [0.2, 0.25) is 5.95 Å². The van der Waals surface area contributed by atoms with Crippen LogP contribution in [-0.4, -0.2) is 55.6 Å². The Morgan fingerprint density at radius 1 is 1.20 bits per heavy atom. The lowest BCUT2D eigenvalue weighted by Crippen LogP contribution is -2.38. The molecule has 1 saturated heterocycles. The Balaban J connectivity index is 1.17. The van der Waals surface area contributed by atoms with E-state index in [1.807, 2.05) is 0 Å². The normalized spacial score (nSPS) is 16.4. The summed E-state index contributed by atoms with van der Waals surface area (Å²) in [7, 11) is 1.51. The van der Waals surface area contributed by atoms with Gasteiger partial charge in [-0.1, -0.05) is 30.3 Å². The third kappa shape index (κ3) is 4.94. The number of carbonyl (C=O) groups is 1. The first-order chi connectivity index (χ1) is 14.7. The van der Waals surface area contributed by atoms with Gasteiger partial charge >= 0.3 is 0 Å². The predicted octanol–water partition coefficient (Wildman–Crippen LogP) is 3.14. The highest BCUT2D eigenvalue weighted by Gasteiger charge is 2.21. The highest BCUT2D eigenvalue weighted by Crippen LogP contribution is 2.29. The number of benzene rings is 1. The summed E-state index contributed by atoms with van der Waals surface area (Å²) in [6, 6.07) is 8.73. The Kier molecular flexibility index (Phi) is 6.87. The zero-order valence-corrected chi connectivity index (χ0v) is 17.6. The fraction of sp³-hybridized carbons (Fsp3) is 0.458. The Morgan fingerprint density at radius 2 is 1.97 bits per heavy atom. The van der Waals surface area contributed by atoms with Crippen LogP contribution in [0.1, 0.15) is 40.7 Å². The number of ketones is 1. The molecule has 0 unspecified atom stereocenters. The van der Waals surface area contributed by atoms with Crippen LogP contribution >= 0.6 is 0 Å². The van der Waals surface area contributed by atoms with Gasteiger partial charge in [0, 0.05) is 32.6 Å². The minimum atomic E-state index is -0.0920. The van der Waals surface area contributed by atoms with Gasteiger partial charge in [-0.05, 0) is 61.4 Å². The van der Waals surface area contributed by atoms with E-state index in [1.54, 1.807) is 12.4 Å². The van der Waals surface area contributed by atoms with E-state index in [-0.39, 0.29) is 12.4 Å². The van der Waals surface area contributed by atoms with Crippen molar-refractivity contribution in [2.45, 2.75) is 25.7 Å². The molecule has 6 nitrogen and oxygen atoms in total. The van der Waals surface area contributed by atoms with Crippen LogP contribution in [0.15, 0.2) is 42.7 Å². The van der Waals surface area contributed by atoms with E-state index >= 15 is 0 Å². The quantitative estimate of drug-likeness (QED) is 0.510. The lowest BCUT2D eigenvalue weighted by molar-refractivity contribution is 0.0847. The lowest BCUT2D eigenvalue weighted by Gasteiger charge is -2.32. The summed E-state index contributed by atoms with van der Waals surface area (Å²) in [6.45, 7) is 4.06. The third-order valence-corrected chi connectivity index (χ3v) is 6.07. The number of anilines is 1. The van der Waals surface area contributed by atoms with Gasteiger partial charge in [0.15, 0.2) is 5.78 Å². The number of nitrogens with one attached hydrogen (secondary N) is 1. The Hall–Kier alpha value is -2.57. The van der Waals surface area contributed by atoms with Crippen LogP contribution < -0.4 is 10.2 Å². The van der Waals surface area contributed by atoms with Gasteiger partial charge in [0.1, 0.15) is 6.61 Å². The summed E-state index contributed by atoms with van der Waals surface area (Å²) in [6.07, 6.45) is 10.0. The zero-order valence-electron chi connectivity index (χ0n) is 17.6. The minimum Gasteiger partial charge on any atom is -0.377 e. The van der Waals surface area contributed by atoms with Crippen LogP contribution in [0.2, 0.25) is 0 Å². The first-order valence-electron chi connectivity index (χ1n) is 10.8. The number of fused-ring (bicyclic) bond motifs is 1. The van der Waals surface area contributed by atoms with Crippen LogP contribution in [0.25, 0.3) is 5.57 Å². The average Bonchev–Trinajstić information content (AvgIpc) is 3.21. The number of Topliss-reactive ketones (excluding diaryl/α,β-unsaturated/α-hetero) is 1. The number of hydrogen-bond donors (Lipinski definition) is 1. The van der Waals surface area contributed by atoms with Gasteiger partial charge in [-0.2, -0.15) is 0 Å². The summed E-state index contributed by atoms with van der Waals surface area (Å²) >= 11 is 0. The van der Waals surface area contributed by atoms with Crippen LogP contribution in [0.3, 0.4) is 0 Å². The van der Waals surface area contributed by atoms with E-state index in [0.717, 1.165) is 51.9 Å². The molecule has 1 aliphatic heterocycles. The van der Waals surface area contributed by atoms with Crippen molar-refractivity contribution >= 4 is 17.3 Å². The van der Waals surface area contributed by atoms with Gasteiger partial charge in [-0.3, -0.25) is 4.79 Å². The molecular weight excluding hydrogens is 376 g/mol. The molecule has 2 aliphatic rings. The monoisotopic (exact) mass is 406 g/mol. The van der Waals surface area contributed by atoms with E-state index in [4.69, 9.17) is 4.74 Å². The van der Waals surface area contributed by atoms with Gasteiger partial charge < -0.3 is 15.0 Å². The molecule has 4 rings (SSSR count). The number of piperidine rings is 1. The van der Waals surface area contributed by atoms with Crippen molar-refractivity contribution in [3.8, 4) is 0 Å². The number of carbonyl (C=O) groups excluding carboxylic acids is 1. The molecule has 0 saturated carbocycles. The van der Waals surface area contributed by atoms with E-state index < -0.39 is 0 Å². The Bertz CT molecular complexity index is 886. The molecule has 158 valence electrons. The SMILES string of the molecule is COCC(=O)c1cnc(N2CCC(CNCCC3=CCc4ccccc43)CC2)nc1. The van der Waals surface area contributed by atoms with Gasteiger partial charge in [-0.15, -0.1) is 0 Å². The Labute approximate surface area is 178 Å². The van der Waals surface area contributed by atoms with Crippen molar-refractivity contribution in [1.29, 1.82) is 0 Å². The predicted molar refractivity (Wildman–Crippen MR) is 119 cm³/mol. The first kappa shape index (κ1) is 20.7. The number of aromatic nitrogens is 2. The first-order valence-corrected chi connectivity index (χ1v) is 10.8. The standard InChI is InChI=1S/C24H30N4O2/c1-30-17-23(29)21-15-26-24(27-16-21)28-12-9-18(10-13-28)14-25-11-8-20-7-6-19-4-2-3-5-22(19)20/h2-5,7,15-16,18,25H,6,8-14,17H2,1H3. The molecule has 30 heavy (non-hydrogen) atoms. The van der Waals surface area contributed by atoms with E-state index in [2.05, 4.69) is 50.5 Å². The van der Waals surface area contributed by atoms with E-state index in [9.17, 15) is 4.79 Å². The smallest absolute Gasteiger partial charge is 0.225 e. The molecule has 1 N–H and O–H groups in total. The molecule has 1 aliphatic carbocycles. The van der Waals surface area contributed by atoms with Gasteiger partial charge in [-0.25, -0.2) is 9.97 Å². The summed E-state index contributed by atoms with van der Waals surface area (Å²) in [4.78, 5) is 22.8. The topological polar surface area (TPSA) is 67.3 Å². The second-order valence-electron chi connectivity index (χ2n) is 8.10. The molecule has 0 amide bonds. The molecule has 6 heteroatoms. The largest absolute Gasteiger partial charge is 0.377 e. The summed E-state index contributed by atoms with van der Waals surface area (Å²) in [5.74, 6) is 1.31. The number of ether oxygens (including phenoxy) is 1. The summed E-state index contributed by atoms with van der Waals surface area (Å²) in [5.41, 5.74) is 4.87. The van der Waals surface area contributed by atoms with Crippen molar-refractivity contribution < 1.29 is 9.53 Å². The average molecular weight is 407 g/mol. The maximum atomic E-state index is 11.8. The second-order valence-corrected chi connectivity index (χ2v) is 8.10. The fourth-order valence-corrected chi connectivity index (χ4v) is 4.30. The number of hydrogen-bond acceptors (Lipinski definition) is 6. The summed E-state index contributed by atoms with van der Waals surface area (Å²) < 4.78 is 4.88. The highest BCUT2D eigenvalue weighted by molar-refractivity contribution is 5.96. The van der Waals surface area contributed by atoms with Crippen molar-refractivity contribution in [3.05, 3.63) is 59.4 Å². The van der Waals surface area contributed by atoms with Gasteiger partial charge in [0.25, 0.3) is 0 Å². The van der Waals surface area contributed by atoms with E-state index in [0.29, 0.717) is 17.4 Å². The van der Waals surface area contributed by atoms with E-state index in [1.165, 1.54) is 23.8 Å². The van der Waals surface area contributed by atoms with Crippen molar-refractivity contribution in [2.24, 2.45) is 5.92 Å². The lowest BCUT2D eigenvalue weighted by atomic mass is 9.97. The third-order valence-electron chi connectivity index (χ3n) is 6.07. The maximum absolute atomic E-state index is 11.8. The van der Waals surface area contributed by atoms with Crippen molar-refractivity contribution in [3.63, 3.8) is 0 Å². The summed E-state index contributed by atoms with van der Waals surface area (Å²) in [5, 5.41) is 3.66. The van der Waals surface area contributed by atoms with Crippen LogP contribution in [0.5, 0.6) is 0 Å². The molecule has 2 heterocycles. The molecule has 0 radical (unpaired) electrons. The molecule has 0 atom stereocenters. The molecule has 1 fully saturated rings. The Morgan fingerprint density at radius 3 is 2.73 bits per heavy atom.